The van der Waals surface area contributed by atoms with E-state index in [-0.39, 0.29) is 35.1 Å². The molecule has 2 saturated carbocycles. The predicted octanol–water partition coefficient (Wildman–Crippen LogP) is 3.80. The zero-order valence-corrected chi connectivity index (χ0v) is 19.2. The zero-order chi connectivity index (χ0) is 23.0. The number of aromatic nitrogens is 1. The average molecular weight is 449 g/mol. The van der Waals surface area contributed by atoms with Crippen molar-refractivity contribution in [3.8, 4) is 11.8 Å². The summed E-state index contributed by atoms with van der Waals surface area (Å²) in [6.45, 7) is 1.35. The molecule has 2 heterocycles. The molecule has 0 bridgehead atoms. The van der Waals surface area contributed by atoms with Gasteiger partial charge in [-0.15, -0.1) is 0 Å². The summed E-state index contributed by atoms with van der Waals surface area (Å²) in [5.74, 6) is 1.04. The molecule has 3 fully saturated rings. The minimum atomic E-state index is -0.357. The molecule has 3 unspecified atom stereocenters. The summed E-state index contributed by atoms with van der Waals surface area (Å²) in [6, 6.07) is 9.67. The molecule has 174 valence electrons. The van der Waals surface area contributed by atoms with Crippen LogP contribution in [0.25, 0.3) is 10.9 Å². The van der Waals surface area contributed by atoms with E-state index in [9.17, 15) is 14.9 Å². The van der Waals surface area contributed by atoms with Crippen LogP contribution in [0.4, 0.5) is 0 Å². The lowest BCUT2D eigenvalue weighted by molar-refractivity contribution is -0.120. The number of ketones is 1. The number of ether oxygens (including phenoxy) is 1. The van der Waals surface area contributed by atoms with Crippen molar-refractivity contribution >= 4 is 22.6 Å². The normalized spacial score (nSPS) is 24.7. The smallest absolute Gasteiger partial charge is 0.270 e. The van der Waals surface area contributed by atoms with Crippen LogP contribution < -0.4 is 10.1 Å². The number of H-pyrrole nitrogens is 1. The second kappa shape index (κ2) is 8.83. The molecule has 3 atom stereocenters. The molecule has 1 saturated heterocycles. The Morgan fingerprint density at radius 1 is 1.39 bits per heavy atom. The van der Waals surface area contributed by atoms with Crippen LogP contribution in [-0.4, -0.2) is 53.9 Å². The minimum Gasteiger partial charge on any atom is -0.496 e. The highest BCUT2D eigenvalue weighted by molar-refractivity contribution is 6.00. The molecule has 7 heteroatoms. The fourth-order valence-electron chi connectivity index (χ4n) is 6.08. The largest absolute Gasteiger partial charge is 0.496 e. The lowest BCUT2D eigenvalue weighted by atomic mass is 9.67. The first-order valence-electron chi connectivity index (χ1n) is 12.1. The minimum absolute atomic E-state index is 0.00256. The standard InChI is InChI=1S/C26H32N4O3/c1-33-24-8-3-6-21-20(24)12-22(29-21)25(32)30-16-26(9-4-10-26)13-19(30)15-28-18(14-27)11-17-5-2-7-23(17)31/h3,6,8,12,17-19,28-29H,2,4-5,7,9-11,13,15-16H2,1H3. The SMILES string of the molecule is COc1cccc2[nH]c(C(=O)N3CC4(CCC4)CC3CNC(C#N)CC3CCCC3=O)cc12. The van der Waals surface area contributed by atoms with Gasteiger partial charge in [0.25, 0.3) is 5.91 Å². The number of carbonyl (C=O) groups excluding carboxylic acids is 2. The maximum absolute atomic E-state index is 13.6. The number of nitriles is 1. The van der Waals surface area contributed by atoms with Gasteiger partial charge in [-0.2, -0.15) is 5.26 Å². The number of hydrogen-bond acceptors (Lipinski definition) is 5. The van der Waals surface area contributed by atoms with Crippen molar-refractivity contribution in [2.45, 2.75) is 63.5 Å². The summed E-state index contributed by atoms with van der Waals surface area (Å²) < 4.78 is 5.46. The van der Waals surface area contributed by atoms with Crippen molar-refractivity contribution in [2.75, 3.05) is 20.2 Å². The van der Waals surface area contributed by atoms with Crippen molar-refractivity contribution < 1.29 is 14.3 Å². The molecule has 3 aliphatic rings. The van der Waals surface area contributed by atoms with Gasteiger partial charge in [-0.1, -0.05) is 12.5 Å². The quantitative estimate of drug-likeness (QED) is 0.671. The first kappa shape index (κ1) is 22.0. The number of carbonyl (C=O) groups is 2. The zero-order valence-electron chi connectivity index (χ0n) is 19.2. The average Bonchev–Trinajstić information content (AvgIpc) is 3.52. The number of amides is 1. The third-order valence-electron chi connectivity index (χ3n) is 8.07. The van der Waals surface area contributed by atoms with Gasteiger partial charge in [-0.3, -0.25) is 14.9 Å². The van der Waals surface area contributed by atoms with Gasteiger partial charge in [-0.25, -0.2) is 0 Å². The monoisotopic (exact) mass is 448 g/mol. The first-order chi connectivity index (χ1) is 16.0. The highest BCUT2D eigenvalue weighted by Gasteiger charge is 2.49. The molecular formula is C26H32N4O3. The number of rotatable bonds is 7. The molecule has 0 radical (unpaired) electrons. The maximum atomic E-state index is 13.6. The maximum Gasteiger partial charge on any atom is 0.270 e. The van der Waals surface area contributed by atoms with Crippen molar-refractivity contribution in [1.29, 1.82) is 5.26 Å². The van der Waals surface area contributed by atoms with Crippen LogP contribution in [0, 0.1) is 22.7 Å². The van der Waals surface area contributed by atoms with E-state index >= 15 is 0 Å². The number of benzene rings is 1. The van der Waals surface area contributed by atoms with Gasteiger partial charge in [0.1, 0.15) is 17.2 Å². The summed E-state index contributed by atoms with van der Waals surface area (Å²) in [6.07, 6.45) is 7.54. The van der Waals surface area contributed by atoms with Crippen molar-refractivity contribution in [1.82, 2.24) is 15.2 Å². The van der Waals surface area contributed by atoms with Gasteiger partial charge < -0.3 is 14.6 Å². The van der Waals surface area contributed by atoms with Crippen LogP contribution in [0.1, 0.15) is 61.9 Å². The summed E-state index contributed by atoms with van der Waals surface area (Å²) in [5.41, 5.74) is 1.68. The molecule has 1 aromatic heterocycles. The number of nitrogens with one attached hydrogen (secondary N) is 2. The Balaban J connectivity index is 1.31. The van der Waals surface area contributed by atoms with Gasteiger partial charge in [0.05, 0.1) is 19.2 Å². The van der Waals surface area contributed by atoms with E-state index in [1.165, 1.54) is 6.42 Å². The second-order valence-electron chi connectivity index (χ2n) is 10.1. The Kier molecular flexibility index (Phi) is 5.88. The first-order valence-corrected chi connectivity index (χ1v) is 12.1. The summed E-state index contributed by atoms with van der Waals surface area (Å²) in [4.78, 5) is 30.9. The Hall–Kier alpha value is -2.85. The molecule has 2 aromatic rings. The number of methoxy groups -OCH3 is 1. The molecule has 1 aliphatic heterocycles. The van der Waals surface area contributed by atoms with Crippen LogP contribution in [0.2, 0.25) is 0 Å². The Morgan fingerprint density at radius 2 is 2.24 bits per heavy atom. The lowest BCUT2D eigenvalue weighted by Gasteiger charge is -2.37. The van der Waals surface area contributed by atoms with E-state index < -0.39 is 0 Å². The summed E-state index contributed by atoms with van der Waals surface area (Å²) in [7, 11) is 1.64. The van der Waals surface area contributed by atoms with Crippen LogP contribution >= 0.6 is 0 Å². The molecule has 1 spiro atoms. The van der Waals surface area contributed by atoms with E-state index in [1.54, 1.807) is 7.11 Å². The molecule has 2 N–H and O–H groups in total. The summed E-state index contributed by atoms with van der Waals surface area (Å²) >= 11 is 0. The van der Waals surface area contributed by atoms with Crippen LogP contribution in [-0.2, 0) is 4.79 Å². The van der Waals surface area contributed by atoms with Gasteiger partial charge in [0, 0.05) is 42.4 Å². The predicted molar refractivity (Wildman–Crippen MR) is 125 cm³/mol. The second-order valence-corrected chi connectivity index (χ2v) is 10.1. The van der Waals surface area contributed by atoms with Crippen LogP contribution in [0.15, 0.2) is 24.3 Å². The number of likely N-dealkylation sites (tertiary alicyclic amines) is 1. The van der Waals surface area contributed by atoms with Crippen LogP contribution in [0.5, 0.6) is 5.75 Å². The third kappa shape index (κ3) is 4.13. The highest BCUT2D eigenvalue weighted by atomic mass is 16.5. The summed E-state index contributed by atoms with van der Waals surface area (Å²) in [5, 5.41) is 14.0. The van der Waals surface area contributed by atoms with E-state index in [1.807, 2.05) is 29.2 Å². The van der Waals surface area contributed by atoms with E-state index in [0.717, 1.165) is 55.3 Å². The Labute approximate surface area is 194 Å². The molecular weight excluding hydrogens is 416 g/mol. The van der Waals surface area contributed by atoms with Gasteiger partial charge in [0.2, 0.25) is 0 Å². The van der Waals surface area contributed by atoms with Gasteiger partial charge in [-0.05, 0) is 62.1 Å². The molecule has 1 amide bonds. The van der Waals surface area contributed by atoms with Gasteiger partial charge in [0.15, 0.2) is 0 Å². The third-order valence-corrected chi connectivity index (χ3v) is 8.07. The number of fused-ring (bicyclic) bond motifs is 1. The van der Waals surface area contributed by atoms with Crippen molar-refractivity contribution in [3.63, 3.8) is 0 Å². The highest BCUT2D eigenvalue weighted by Crippen LogP contribution is 2.50. The van der Waals surface area contributed by atoms with E-state index in [2.05, 4.69) is 16.4 Å². The van der Waals surface area contributed by atoms with E-state index in [0.29, 0.717) is 25.1 Å². The molecule has 5 rings (SSSR count). The van der Waals surface area contributed by atoms with Crippen molar-refractivity contribution in [3.05, 3.63) is 30.0 Å². The molecule has 1 aromatic carbocycles. The topological polar surface area (TPSA) is 98.2 Å². The number of hydrogen-bond donors (Lipinski definition) is 2. The van der Waals surface area contributed by atoms with E-state index in [4.69, 9.17) is 4.74 Å². The molecule has 2 aliphatic carbocycles. The number of Topliss-reactive ketones (excluding diaryl/α,β-unsaturated/α-hetero) is 1. The van der Waals surface area contributed by atoms with Crippen molar-refractivity contribution in [2.24, 2.45) is 11.3 Å². The number of nitrogens with zero attached hydrogens (tertiary/aromatic N) is 2. The van der Waals surface area contributed by atoms with Crippen LogP contribution in [0.3, 0.4) is 0 Å². The Morgan fingerprint density at radius 3 is 2.91 bits per heavy atom. The fraction of sp³-hybridized carbons (Fsp3) is 0.577. The van der Waals surface area contributed by atoms with Gasteiger partial charge >= 0.3 is 0 Å². The molecule has 33 heavy (non-hydrogen) atoms. The Bertz CT molecular complexity index is 1100. The lowest BCUT2D eigenvalue weighted by Crippen LogP contribution is -2.44. The fourth-order valence-corrected chi connectivity index (χ4v) is 6.08. The molecule has 7 nitrogen and oxygen atoms in total. The number of aromatic amines is 1.